The lowest BCUT2D eigenvalue weighted by Crippen LogP contribution is -2.17. The van der Waals surface area contributed by atoms with E-state index in [0.717, 1.165) is 12.2 Å². The average molecular weight is 223 g/mol. The van der Waals surface area contributed by atoms with E-state index in [4.69, 9.17) is 15.2 Å². The Bertz CT molecular complexity index is 326. The molecule has 1 aromatic carbocycles. The van der Waals surface area contributed by atoms with Crippen molar-refractivity contribution in [3.05, 3.63) is 29.3 Å². The van der Waals surface area contributed by atoms with Crippen molar-refractivity contribution in [3.8, 4) is 5.75 Å². The van der Waals surface area contributed by atoms with Gasteiger partial charge in [0.1, 0.15) is 12.4 Å². The molecule has 3 heteroatoms. The zero-order chi connectivity index (χ0) is 12.0. The van der Waals surface area contributed by atoms with Gasteiger partial charge in [-0.1, -0.05) is 17.7 Å². The van der Waals surface area contributed by atoms with Gasteiger partial charge >= 0.3 is 0 Å². The van der Waals surface area contributed by atoms with Gasteiger partial charge in [-0.2, -0.15) is 0 Å². The van der Waals surface area contributed by atoms with Crippen molar-refractivity contribution in [2.75, 3.05) is 20.3 Å². The maximum absolute atomic E-state index is 5.72. The van der Waals surface area contributed by atoms with Crippen LogP contribution in [-0.2, 0) is 11.2 Å². The minimum absolute atomic E-state index is 0.104. The molecule has 2 N–H and O–H groups in total. The van der Waals surface area contributed by atoms with Gasteiger partial charge in [0, 0.05) is 7.11 Å². The van der Waals surface area contributed by atoms with E-state index in [9.17, 15) is 0 Å². The summed E-state index contributed by atoms with van der Waals surface area (Å²) < 4.78 is 10.9. The Morgan fingerprint density at radius 2 is 2.12 bits per heavy atom. The lowest BCUT2D eigenvalue weighted by molar-refractivity contribution is 0.0713. The van der Waals surface area contributed by atoms with Gasteiger partial charge in [0.2, 0.25) is 0 Å². The van der Waals surface area contributed by atoms with Gasteiger partial charge in [-0.3, -0.25) is 0 Å². The van der Waals surface area contributed by atoms with E-state index in [1.807, 2.05) is 19.1 Å². The van der Waals surface area contributed by atoms with Crippen LogP contribution in [0.5, 0.6) is 5.75 Å². The topological polar surface area (TPSA) is 44.5 Å². The van der Waals surface area contributed by atoms with Crippen molar-refractivity contribution in [2.45, 2.75) is 26.4 Å². The molecule has 0 radical (unpaired) electrons. The summed E-state index contributed by atoms with van der Waals surface area (Å²) >= 11 is 0. The highest BCUT2D eigenvalue weighted by atomic mass is 16.5. The monoisotopic (exact) mass is 223 g/mol. The first-order chi connectivity index (χ1) is 7.67. The summed E-state index contributed by atoms with van der Waals surface area (Å²) in [6, 6.07) is 6.18. The highest BCUT2D eigenvalue weighted by Gasteiger charge is 2.06. The van der Waals surface area contributed by atoms with Crippen LogP contribution in [0.2, 0.25) is 0 Å². The van der Waals surface area contributed by atoms with E-state index in [0.29, 0.717) is 13.2 Å². The number of rotatable bonds is 6. The number of ether oxygens (including phenoxy) is 2. The van der Waals surface area contributed by atoms with Crippen molar-refractivity contribution in [3.63, 3.8) is 0 Å². The fourth-order valence-electron chi connectivity index (χ4n) is 1.48. The van der Waals surface area contributed by atoms with Gasteiger partial charge in [0.05, 0.1) is 6.10 Å². The van der Waals surface area contributed by atoms with E-state index in [1.54, 1.807) is 7.11 Å². The number of nitrogens with two attached hydrogens (primary N) is 1. The molecule has 0 aliphatic carbocycles. The van der Waals surface area contributed by atoms with E-state index in [1.165, 1.54) is 11.1 Å². The second-order valence-electron chi connectivity index (χ2n) is 4.01. The Morgan fingerprint density at radius 3 is 2.75 bits per heavy atom. The Labute approximate surface area is 97.6 Å². The Morgan fingerprint density at radius 1 is 1.38 bits per heavy atom. The van der Waals surface area contributed by atoms with Crippen LogP contribution in [-0.4, -0.2) is 26.4 Å². The molecule has 0 bridgehead atoms. The summed E-state index contributed by atoms with van der Waals surface area (Å²) in [7, 11) is 1.68. The quantitative estimate of drug-likeness (QED) is 0.801. The van der Waals surface area contributed by atoms with E-state index < -0.39 is 0 Å². The third-order valence-electron chi connectivity index (χ3n) is 2.51. The molecular weight excluding hydrogens is 202 g/mol. The van der Waals surface area contributed by atoms with Crippen molar-refractivity contribution < 1.29 is 9.47 Å². The first-order valence-corrected chi connectivity index (χ1v) is 5.62. The number of hydrogen-bond donors (Lipinski definition) is 1. The molecule has 3 nitrogen and oxygen atoms in total. The molecule has 90 valence electrons. The van der Waals surface area contributed by atoms with E-state index >= 15 is 0 Å². The number of methoxy groups -OCH3 is 1. The molecule has 0 saturated carbocycles. The zero-order valence-corrected chi connectivity index (χ0v) is 10.3. The van der Waals surface area contributed by atoms with Gasteiger partial charge in [-0.25, -0.2) is 0 Å². The molecule has 0 saturated heterocycles. The molecule has 0 heterocycles. The van der Waals surface area contributed by atoms with Crippen LogP contribution in [0.15, 0.2) is 18.2 Å². The minimum atomic E-state index is 0.104. The minimum Gasteiger partial charge on any atom is -0.491 e. The molecular formula is C13H21NO2. The molecule has 0 amide bonds. The summed E-state index contributed by atoms with van der Waals surface area (Å²) in [5, 5.41) is 0. The molecule has 1 rings (SSSR count). The van der Waals surface area contributed by atoms with Gasteiger partial charge in [0.25, 0.3) is 0 Å². The molecule has 0 aliphatic rings. The first kappa shape index (κ1) is 13.0. The van der Waals surface area contributed by atoms with Crippen molar-refractivity contribution >= 4 is 0 Å². The highest BCUT2D eigenvalue weighted by molar-refractivity contribution is 5.37. The van der Waals surface area contributed by atoms with E-state index in [-0.39, 0.29) is 6.10 Å². The summed E-state index contributed by atoms with van der Waals surface area (Å²) in [6.45, 7) is 5.26. The zero-order valence-electron chi connectivity index (χ0n) is 10.3. The van der Waals surface area contributed by atoms with Gasteiger partial charge in [-0.05, 0) is 38.4 Å². The normalized spacial score (nSPS) is 12.5. The van der Waals surface area contributed by atoms with Crippen LogP contribution in [0.4, 0.5) is 0 Å². The third-order valence-corrected chi connectivity index (χ3v) is 2.51. The second-order valence-corrected chi connectivity index (χ2v) is 4.01. The highest BCUT2D eigenvalue weighted by Crippen LogP contribution is 2.20. The average Bonchev–Trinajstić information content (AvgIpc) is 2.28. The first-order valence-electron chi connectivity index (χ1n) is 5.62. The number of hydrogen-bond acceptors (Lipinski definition) is 3. The van der Waals surface area contributed by atoms with Crippen LogP contribution in [0.1, 0.15) is 18.1 Å². The molecule has 0 aromatic heterocycles. The van der Waals surface area contributed by atoms with Crippen LogP contribution < -0.4 is 10.5 Å². The molecule has 16 heavy (non-hydrogen) atoms. The Hall–Kier alpha value is -1.06. The lowest BCUT2D eigenvalue weighted by atomic mass is 10.1. The molecule has 0 fully saturated rings. The summed E-state index contributed by atoms with van der Waals surface area (Å²) in [6.07, 6.45) is 0.949. The fraction of sp³-hybridized carbons (Fsp3) is 0.538. The molecule has 1 atom stereocenters. The lowest BCUT2D eigenvalue weighted by Gasteiger charge is -2.14. The molecule has 1 aromatic rings. The fourth-order valence-corrected chi connectivity index (χ4v) is 1.48. The van der Waals surface area contributed by atoms with Crippen molar-refractivity contribution in [2.24, 2.45) is 5.73 Å². The number of benzene rings is 1. The van der Waals surface area contributed by atoms with Gasteiger partial charge in [0.15, 0.2) is 0 Å². The third kappa shape index (κ3) is 3.83. The van der Waals surface area contributed by atoms with Gasteiger partial charge < -0.3 is 15.2 Å². The largest absolute Gasteiger partial charge is 0.491 e. The second kappa shape index (κ2) is 6.51. The van der Waals surface area contributed by atoms with Gasteiger partial charge in [-0.15, -0.1) is 0 Å². The predicted molar refractivity (Wildman–Crippen MR) is 65.9 cm³/mol. The van der Waals surface area contributed by atoms with Crippen molar-refractivity contribution in [1.29, 1.82) is 0 Å². The maximum Gasteiger partial charge on any atom is 0.122 e. The standard InChI is InChI=1S/C13H21NO2/c1-10-4-5-13(12(8-10)6-7-14)16-9-11(2)15-3/h4-5,8,11H,6-7,9,14H2,1-3H3. The van der Waals surface area contributed by atoms with E-state index in [2.05, 4.69) is 13.0 Å². The maximum atomic E-state index is 5.72. The number of aryl methyl sites for hydroxylation is 1. The van der Waals surface area contributed by atoms with Crippen LogP contribution in [0.25, 0.3) is 0 Å². The summed E-state index contributed by atoms with van der Waals surface area (Å²) in [5.74, 6) is 0.917. The molecule has 1 unspecified atom stereocenters. The Balaban J connectivity index is 2.70. The SMILES string of the molecule is COC(C)COc1ccc(C)cc1CCN. The Kier molecular flexibility index (Phi) is 5.29. The van der Waals surface area contributed by atoms with Crippen LogP contribution >= 0.6 is 0 Å². The smallest absolute Gasteiger partial charge is 0.122 e. The van der Waals surface area contributed by atoms with Crippen LogP contribution in [0.3, 0.4) is 0 Å². The summed E-state index contributed by atoms with van der Waals surface area (Å²) in [4.78, 5) is 0. The molecule has 0 aliphatic heterocycles. The summed E-state index contributed by atoms with van der Waals surface area (Å²) in [5.41, 5.74) is 7.99. The molecule has 0 spiro atoms. The predicted octanol–water partition coefficient (Wildman–Crippen LogP) is 1.91. The van der Waals surface area contributed by atoms with Crippen molar-refractivity contribution in [1.82, 2.24) is 0 Å². The van der Waals surface area contributed by atoms with Crippen LogP contribution in [0, 0.1) is 6.92 Å².